The fraction of sp³-hybridized carbons (Fsp3) is 0.0500. The van der Waals surface area contributed by atoms with Crippen LogP contribution in [0.25, 0.3) is 0 Å². The molecule has 0 spiro atoms. The minimum absolute atomic E-state index is 0.0792. The number of thiophene rings is 1. The molecule has 2 aromatic carbocycles. The molecule has 0 aliphatic carbocycles. The number of carboxylic acids is 1. The maximum atomic E-state index is 12.9. The second-order valence-corrected chi connectivity index (χ2v) is 6.59. The van der Waals surface area contributed by atoms with E-state index in [2.05, 4.69) is 10.6 Å². The Hall–Kier alpha value is -3.45. The van der Waals surface area contributed by atoms with E-state index in [9.17, 15) is 14.4 Å². The van der Waals surface area contributed by atoms with Gasteiger partial charge in [-0.2, -0.15) is 0 Å². The van der Waals surface area contributed by atoms with Gasteiger partial charge in [-0.15, -0.1) is 11.3 Å². The van der Waals surface area contributed by atoms with E-state index in [0.717, 1.165) is 0 Å². The van der Waals surface area contributed by atoms with Gasteiger partial charge in [0.05, 0.1) is 10.4 Å². The average Bonchev–Trinajstić information content (AvgIpc) is 3.23. The third-order valence-electron chi connectivity index (χ3n) is 3.76. The number of hydrogen-bond acceptors (Lipinski definition) is 5. The fourth-order valence-electron chi connectivity index (χ4n) is 2.45. The number of Topliss-reactive ketones (excluding diaryl/α,β-unsaturated/α-hetero) is 1. The second kappa shape index (κ2) is 8.29. The Morgan fingerprint density at radius 1 is 0.889 bits per heavy atom. The van der Waals surface area contributed by atoms with Crippen LogP contribution in [0.3, 0.4) is 0 Å². The topological polar surface area (TPSA) is 95.5 Å². The molecule has 1 aromatic heterocycles. The second-order valence-electron chi connectivity index (χ2n) is 5.64. The molecule has 0 saturated carbocycles. The molecule has 0 bridgehead atoms. The van der Waals surface area contributed by atoms with Crippen LogP contribution in [0.1, 0.15) is 30.4 Å². The summed E-state index contributed by atoms with van der Waals surface area (Å²) in [5.41, 5.74) is 0.919. The Bertz CT molecular complexity index is 955. The minimum atomic E-state index is -1.08. The fourth-order valence-corrected chi connectivity index (χ4v) is 3.08. The van der Waals surface area contributed by atoms with Gasteiger partial charge in [-0.05, 0) is 29.6 Å². The monoisotopic (exact) mass is 380 g/mol. The minimum Gasteiger partial charge on any atom is -0.478 e. The van der Waals surface area contributed by atoms with E-state index in [1.54, 1.807) is 60.0 Å². The summed E-state index contributed by atoms with van der Waals surface area (Å²) in [5, 5.41) is 16.5. The van der Waals surface area contributed by atoms with Crippen LogP contribution in [-0.2, 0) is 0 Å². The number of carbonyl (C=O) groups is 3. The van der Waals surface area contributed by atoms with Crippen LogP contribution in [0.5, 0.6) is 0 Å². The molecular formula is C20H16N2O4S. The number of amides is 1. The molecule has 3 aromatic rings. The van der Waals surface area contributed by atoms with Gasteiger partial charge in [0.2, 0.25) is 5.78 Å². The van der Waals surface area contributed by atoms with Crippen LogP contribution >= 0.6 is 11.3 Å². The van der Waals surface area contributed by atoms with Gasteiger partial charge in [0.25, 0.3) is 5.91 Å². The van der Waals surface area contributed by atoms with Crippen molar-refractivity contribution in [1.82, 2.24) is 5.32 Å². The lowest BCUT2D eigenvalue weighted by molar-refractivity contribution is 0.0696. The highest BCUT2D eigenvalue weighted by Gasteiger charge is 2.23. The molecule has 0 aliphatic rings. The smallest absolute Gasteiger partial charge is 0.335 e. The molecule has 7 heteroatoms. The van der Waals surface area contributed by atoms with Crippen LogP contribution < -0.4 is 10.6 Å². The molecule has 3 N–H and O–H groups in total. The number of ketones is 1. The lowest BCUT2D eigenvalue weighted by Gasteiger charge is -2.20. The summed E-state index contributed by atoms with van der Waals surface area (Å²) in [4.78, 5) is 37.0. The number of anilines is 1. The van der Waals surface area contributed by atoms with E-state index in [0.29, 0.717) is 16.1 Å². The summed E-state index contributed by atoms with van der Waals surface area (Å²) >= 11 is 1.26. The van der Waals surface area contributed by atoms with Crippen LogP contribution in [-0.4, -0.2) is 28.9 Å². The number of benzene rings is 2. The third kappa shape index (κ3) is 4.59. The van der Waals surface area contributed by atoms with Gasteiger partial charge in [0.1, 0.15) is 0 Å². The number of carboxylic acid groups (broad SMARTS) is 1. The summed E-state index contributed by atoms with van der Waals surface area (Å²) in [5.74, 6) is -1.80. The molecule has 27 heavy (non-hydrogen) atoms. The number of rotatable bonds is 7. The van der Waals surface area contributed by atoms with Crippen molar-refractivity contribution >= 4 is 34.7 Å². The van der Waals surface area contributed by atoms with E-state index >= 15 is 0 Å². The SMILES string of the molecule is O=C(O)c1cccc(N[C@H](NC(=O)c2cccs2)C(=O)c2ccccc2)c1. The van der Waals surface area contributed by atoms with Gasteiger partial charge in [0, 0.05) is 11.3 Å². The summed E-state index contributed by atoms with van der Waals surface area (Å²) in [6.45, 7) is 0. The highest BCUT2D eigenvalue weighted by atomic mass is 32.1. The Morgan fingerprint density at radius 3 is 2.30 bits per heavy atom. The molecule has 136 valence electrons. The zero-order chi connectivity index (χ0) is 19.2. The van der Waals surface area contributed by atoms with E-state index in [4.69, 9.17) is 5.11 Å². The van der Waals surface area contributed by atoms with Crippen LogP contribution in [0, 0.1) is 0 Å². The molecule has 6 nitrogen and oxygen atoms in total. The van der Waals surface area contributed by atoms with Crippen molar-refractivity contribution < 1.29 is 19.5 Å². The van der Waals surface area contributed by atoms with Gasteiger partial charge in [-0.25, -0.2) is 4.79 Å². The van der Waals surface area contributed by atoms with Crippen molar-refractivity contribution in [2.45, 2.75) is 6.17 Å². The first-order chi connectivity index (χ1) is 13.0. The maximum Gasteiger partial charge on any atom is 0.335 e. The highest BCUT2D eigenvalue weighted by Crippen LogP contribution is 2.15. The van der Waals surface area contributed by atoms with Crippen LogP contribution in [0.4, 0.5) is 5.69 Å². The van der Waals surface area contributed by atoms with Gasteiger partial charge in [-0.1, -0.05) is 42.5 Å². The summed E-state index contributed by atoms with van der Waals surface area (Å²) in [7, 11) is 0. The molecule has 1 heterocycles. The molecule has 1 atom stereocenters. The normalized spacial score (nSPS) is 11.4. The van der Waals surface area contributed by atoms with Crippen molar-refractivity contribution in [3.63, 3.8) is 0 Å². The van der Waals surface area contributed by atoms with Gasteiger partial charge < -0.3 is 15.7 Å². The molecule has 0 fully saturated rings. The Labute approximate surface area is 159 Å². The summed E-state index contributed by atoms with van der Waals surface area (Å²) in [6, 6.07) is 18.0. The molecule has 0 aliphatic heterocycles. The van der Waals surface area contributed by atoms with Crippen LogP contribution in [0.2, 0.25) is 0 Å². The summed E-state index contributed by atoms with van der Waals surface area (Å²) in [6.07, 6.45) is -1.05. The maximum absolute atomic E-state index is 12.9. The first-order valence-electron chi connectivity index (χ1n) is 8.08. The Morgan fingerprint density at radius 2 is 1.63 bits per heavy atom. The predicted molar refractivity (Wildman–Crippen MR) is 103 cm³/mol. The third-order valence-corrected chi connectivity index (χ3v) is 4.63. The van der Waals surface area contributed by atoms with Crippen molar-refractivity contribution in [2.75, 3.05) is 5.32 Å². The first kappa shape index (κ1) is 18.3. The molecular weight excluding hydrogens is 364 g/mol. The standard InChI is InChI=1S/C20H16N2O4S/c23-17(13-6-2-1-3-7-13)18(22-19(24)16-10-5-11-27-16)21-15-9-4-8-14(12-15)20(25)26/h1-12,18,21H,(H,22,24)(H,25,26)/t18-/m1/s1. The van der Waals surface area contributed by atoms with E-state index in [1.165, 1.54) is 23.5 Å². The van der Waals surface area contributed by atoms with Gasteiger partial charge >= 0.3 is 5.97 Å². The highest BCUT2D eigenvalue weighted by molar-refractivity contribution is 7.12. The molecule has 0 radical (unpaired) electrons. The van der Waals surface area contributed by atoms with E-state index < -0.39 is 12.1 Å². The van der Waals surface area contributed by atoms with Crippen molar-refractivity contribution in [3.05, 3.63) is 88.1 Å². The summed E-state index contributed by atoms with van der Waals surface area (Å²) < 4.78 is 0. The van der Waals surface area contributed by atoms with Gasteiger partial charge in [-0.3, -0.25) is 9.59 Å². The van der Waals surface area contributed by atoms with E-state index in [-0.39, 0.29) is 17.3 Å². The zero-order valence-electron chi connectivity index (χ0n) is 14.1. The molecule has 0 saturated heterocycles. The number of aromatic carboxylic acids is 1. The number of hydrogen-bond donors (Lipinski definition) is 3. The van der Waals surface area contributed by atoms with Crippen LogP contribution in [0.15, 0.2) is 72.1 Å². The predicted octanol–water partition coefficient (Wildman–Crippen LogP) is 3.50. The van der Waals surface area contributed by atoms with Crippen molar-refractivity contribution in [3.8, 4) is 0 Å². The average molecular weight is 380 g/mol. The van der Waals surface area contributed by atoms with E-state index in [1.807, 2.05) is 0 Å². The van der Waals surface area contributed by atoms with Crippen molar-refractivity contribution in [1.29, 1.82) is 0 Å². The molecule has 1 amide bonds. The van der Waals surface area contributed by atoms with Crippen molar-refractivity contribution in [2.24, 2.45) is 0 Å². The molecule has 3 rings (SSSR count). The largest absolute Gasteiger partial charge is 0.478 e. The number of carbonyl (C=O) groups excluding carboxylic acids is 2. The molecule has 0 unspecified atom stereocenters. The Balaban J connectivity index is 1.87. The van der Waals surface area contributed by atoms with Gasteiger partial charge in [0.15, 0.2) is 6.17 Å². The quantitative estimate of drug-likeness (QED) is 0.431. The first-order valence-corrected chi connectivity index (χ1v) is 8.96. The lowest BCUT2D eigenvalue weighted by Crippen LogP contribution is -2.46. The zero-order valence-corrected chi connectivity index (χ0v) is 14.9. The Kier molecular flexibility index (Phi) is 5.63. The number of nitrogens with one attached hydrogen (secondary N) is 2. The lowest BCUT2D eigenvalue weighted by atomic mass is 10.1.